The third-order valence-corrected chi connectivity index (χ3v) is 3.87. The molecule has 0 radical (unpaired) electrons. The number of hydrogen-bond acceptors (Lipinski definition) is 3. The SMILES string of the molecule is COCc1cccc(CN(CC(=O)O)C2CCCC2)c1. The third kappa shape index (κ3) is 4.32. The molecule has 0 saturated heterocycles. The van der Waals surface area contributed by atoms with Gasteiger partial charge in [0.25, 0.3) is 0 Å². The molecular weight excluding hydrogens is 254 g/mol. The van der Waals surface area contributed by atoms with Gasteiger partial charge in [0.15, 0.2) is 0 Å². The van der Waals surface area contributed by atoms with Crippen LogP contribution < -0.4 is 0 Å². The molecule has 4 heteroatoms. The quantitative estimate of drug-likeness (QED) is 0.832. The lowest BCUT2D eigenvalue weighted by Crippen LogP contribution is -2.37. The fourth-order valence-electron chi connectivity index (χ4n) is 2.98. The van der Waals surface area contributed by atoms with Crippen molar-refractivity contribution in [2.45, 2.75) is 44.9 Å². The smallest absolute Gasteiger partial charge is 0.317 e. The van der Waals surface area contributed by atoms with Crippen LogP contribution in [-0.4, -0.2) is 35.7 Å². The second kappa shape index (κ2) is 7.41. The molecule has 1 fully saturated rings. The van der Waals surface area contributed by atoms with Crippen LogP contribution in [-0.2, 0) is 22.7 Å². The summed E-state index contributed by atoms with van der Waals surface area (Å²) in [6.07, 6.45) is 4.66. The van der Waals surface area contributed by atoms with Gasteiger partial charge < -0.3 is 9.84 Å². The van der Waals surface area contributed by atoms with Crippen molar-refractivity contribution in [3.63, 3.8) is 0 Å². The second-order valence-corrected chi connectivity index (χ2v) is 5.49. The predicted octanol–water partition coefficient (Wildman–Crippen LogP) is 2.66. The number of hydrogen-bond donors (Lipinski definition) is 1. The molecule has 0 aliphatic heterocycles. The lowest BCUT2D eigenvalue weighted by atomic mass is 10.1. The first-order valence-corrected chi connectivity index (χ1v) is 7.21. The average molecular weight is 277 g/mol. The maximum atomic E-state index is 11.1. The first kappa shape index (κ1) is 15.0. The zero-order valence-corrected chi connectivity index (χ0v) is 12.0. The summed E-state index contributed by atoms with van der Waals surface area (Å²) in [5, 5.41) is 9.10. The highest BCUT2D eigenvalue weighted by Gasteiger charge is 2.24. The molecule has 110 valence electrons. The van der Waals surface area contributed by atoms with Gasteiger partial charge in [0.05, 0.1) is 13.2 Å². The Morgan fingerprint density at radius 1 is 1.35 bits per heavy atom. The number of carbonyl (C=O) groups is 1. The van der Waals surface area contributed by atoms with E-state index in [9.17, 15) is 4.79 Å². The number of methoxy groups -OCH3 is 1. The molecule has 1 aromatic carbocycles. The molecule has 2 rings (SSSR count). The predicted molar refractivity (Wildman–Crippen MR) is 77.5 cm³/mol. The molecule has 1 saturated carbocycles. The second-order valence-electron chi connectivity index (χ2n) is 5.49. The zero-order valence-electron chi connectivity index (χ0n) is 12.0. The molecule has 1 aliphatic carbocycles. The van der Waals surface area contributed by atoms with Crippen molar-refractivity contribution in [2.75, 3.05) is 13.7 Å². The summed E-state index contributed by atoms with van der Waals surface area (Å²) >= 11 is 0. The molecule has 1 aromatic rings. The lowest BCUT2D eigenvalue weighted by molar-refractivity contribution is -0.139. The summed E-state index contributed by atoms with van der Waals surface area (Å²) < 4.78 is 5.14. The van der Waals surface area contributed by atoms with Crippen LogP contribution in [0.25, 0.3) is 0 Å². The minimum Gasteiger partial charge on any atom is -0.480 e. The van der Waals surface area contributed by atoms with Crippen LogP contribution in [0.3, 0.4) is 0 Å². The van der Waals surface area contributed by atoms with Gasteiger partial charge in [-0.1, -0.05) is 37.1 Å². The largest absolute Gasteiger partial charge is 0.480 e. The summed E-state index contributed by atoms with van der Waals surface area (Å²) in [5.41, 5.74) is 2.29. The molecule has 0 amide bonds. The van der Waals surface area contributed by atoms with E-state index in [1.807, 2.05) is 12.1 Å². The van der Waals surface area contributed by atoms with Crippen molar-refractivity contribution < 1.29 is 14.6 Å². The molecule has 1 aliphatic rings. The minimum atomic E-state index is -0.745. The van der Waals surface area contributed by atoms with Crippen LogP contribution in [0.15, 0.2) is 24.3 Å². The van der Waals surface area contributed by atoms with Crippen molar-refractivity contribution in [2.24, 2.45) is 0 Å². The number of nitrogens with zero attached hydrogens (tertiary/aromatic N) is 1. The topological polar surface area (TPSA) is 49.8 Å². The van der Waals surface area contributed by atoms with Crippen molar-refractivity contribution >= 4 is 5.97 Å². The highest BCUT2D eigenvalue weighted by atomic mass is 16.5. The van der Waals surface area contributed by atoms with Gasteiger partial charge in [-0.25, -0.2) is 0 Å². The van der Waals surface area contributed by atoms with Gasteiger partial charge in [0, 0.05) is 19.7 Å². The van der Waals surface area contributed by atoms with Crippen LogP contribution in [0.5, 0.6) is 0 Å². The average Bonchev–Trinajstić information content (AvgIpc) is 2.92. The third-order valence-electron chi connectivity index (χ3n) is 3.87. The van der Waals surface area contributed by atoms with Crippen LogP contribution in [0.4, 0.5) is 0 Å². The van der Waals surface area contributed by atoms with Gasteiger partial charge in [-0.3, -0.25) is 9.69 Å². The summed E-state index contributed by atoms with van der Waals surface area (Å²) in [7, 11) is 1.68. The number of rotatable bonds is 7. The van der Waals surface area contributed by atoms with Gasteiger partial charge in [0.2, 0.25) is 0 Å². The normalized spacial score (nSPS) is 15.9. The fraction of sp³-hybridized carbons (Fsp3) is 0.562. The van der Waals surface area contributed by atoms with E-state index in [1.165, 1.54) is 12.8 Å². The zero-order chi connectivity index (χ0) is 14.4. The Morgan fingerprint density at radius 2 is 2.05 bits per heavy atom. The van der Waals surface area contributed by atoms with E-state index in [-0.39, 0.29) is 6.54 Å². The van der Waals surface area contributed by atoms with Crippen LogP contribution in [0, 0.1) is 0 Å². The highest BCUT2D eigenvalue weighted by molar-refractivity contribution is 5.69. The van der Waals surface area contributed by atoms with Crippen LogP contribution in [0.1, 0.15) is 36.8 Å². The van der Waals surface area contributed by atoms with E-state index in [1.54, 1.807) is 7.11 Å². The number of ether oxygens (including phenoxy) is 1. The van der Waals surface area contributed by atoms with Crippen molar-refractivity contribution in [1.82, 2.24) is 4.90 Å². The molecule has 0 heterocycles. The van der Waals surface area contributed by atoms with Gasteiger partial charge in [-0.05, 0) is 24.0 Å². The first-order valence-electron chi connectivity index (χ1n) is 7.21. The molecule has 0 bridgehead atoms. The van der Waals surface area contributed by atoms with Gasteiger partial charge >= 0.3 is 5.97 Å². The van der Waals surface area contributed by atoms with E-state index in [0.29, 0.717) is 19.2 Å². The molecule has 0 unspecified atom stereocenters. The minimum absolute atomic E-state index is 0.124. The van der Waals surface area contributed by atoms with E-state index in [4.69, 9.17) is 9.84 Å². The van der Waals surface area contributed by atoms with E-state index in [2.05, 4.69) is 17.0 Å². The molecule has 0 spiro atoms. The monoisotopic (exact) mass is 277 g/mol. The summed E-state index contributed by atoms with van der Waals surface area (Å²) in [6, 6.07) is 8.62. The van der Waals surface area contributed by atoms with E-state index >= 15 is 0 Å². The maximum Gasteiger partial charge on any atom is 0.317 e. The number of benzene rings is 1. The molecule has 0 aromatic heterocycles. The van der Waals surface area contributed by atoms with Gasteiger partial charge in [-0.15, -0.1) is 0 Å². The Kier molecular flexibility index (Phi) is 5.56. The van der Waals surface area contributed by atoms with Crippen molar-refractivity contribution in [1.29, 1.82) is 0 Å². The fourth-order valence-corrected chi connectivity index (χ4v) is 2.98. The number of carboxylic acids is 1. The number of carboxylic acid groups (broad SMARTS) is 1. The standard InChI is InChI=1S/C16H23NO3/c1-20-12-14-6-4-5-13(9-14)10-17(11-16(18)19)15-7-2-3-8-15/h4-6,9,15H,2-3,7-8,10-12H2,1H3,(H,18,19). The van der Waals surface area contributed by atoms with Crippen molar-refractivity contribution in [3.05, 3.63) is 35.4 Å². The first-order chi connectivity index (χ1) is 9.69. The highest BCUT2D eigenvalue weighted by Crippen LogP contribution is 2.25. The summed E-state index contributed by atoms with van der Waals surface area (Å²) in [5.74, 6) is -0.745. The van der Waals surface area contributed by atoms with Crippen LogP contribution in [0.2, 0.25) is 0 Å². The van der Waals surface area contributed by atoms with Crippen LogP contribution >= 0.6 is 0 Å². The molecule has 20 heavy (non-hydrogen) atoms. The molecule has 0 atom stereocenters. The molecular formula is C16H23NO3. The molecule has 4 nitrogen and oxygen atoms in total. The summed E-state index contributed by atoms with van der Waals surface area (Å²) in [6.45, 7) is 1.42. The molecule has 1 N–H and O–H groups in total. The van der Waals surface area contributed by atoms with E-state index < -0.39 is 5.97 Å². The Bertz CT molecular complexity index is 441. The van der Waals surface area contributed by atoms with E-state index in [0.717, 1.165) is 24.0 Å². The lowest BCUT2D eigenvalue weighted by Gasteiger charge is -2.27. The van der Waals surface area contributed by atoms with Gasteiger partial charge in [0.1, 0.15) is 0 Å². The summed E-state index contributed by atoms with van der Waals surface area (Å²) in [4.78, 5) is 13.2. The van der Waals surface area contributed by atoms with Crippen molar-refractivity contribution in [3.8, 4) is 0 Å². The number of aliphatic carboxylic acids is 1. The Balaban J connectivity index is 2.05. The van der Waals surface area contributed by atoms with Gasteiger partial charge in [-0.2, -0.15) is 0 Å². The Labute approximate surface area is 120 Å². The Hall–Kier alpha value is -1.39. The Morgan fingerprint density at radius 3 is 2.70 bits per heavy atom. The maximum absolute atomic E-state index is 11.1.